The molecule has 0 bridgehead atoms. The maximum Gasteiger partial charge on any atom is 0.231 e. The van der Waals surface area contributed by atoms with E-state index in [1.165, 1.54) is 0 Å². The van der Waals surface area contributed by atoms with Crippen molar-refractivity contribution in [3.63, 3.8) is 0 Å². The van der Waals surface area contributed by atoms with E-state index in [4.69, 9.17) is 32.7 Å². The second kappa shape index (κ2) is 2.71. The number of hydrogen-bond acceptors (Lipinski definition) is 2. The Morgan fingerprint density at radius 3 is 2.83 bits per heavy atom. The number of benzene rings is 1. The molecule has 12 heavy (non-hydrogen) atoms. The van der Waals surface area contributed by atoms with Crippen LogP contribution < -0.4 is 9.47 Å². The predicted molar refractivity (Wildman–Crippen MR) is 47.3 cm³/mol. The first-order valence-electron chi connectivity index (χ1n) is 3.44. The third kappa shape index (κ3) is 1.03. The van der Waals surface area contributed by atoms with Crippen molar-refractivity contribution in [1.29, 1.82) is 0 Å². The van der Waals surface area contributed by atoms with Gasteiger partial charge in [-0.3, -0.25) is 0 Å². The smallest absolute Gasteiger partial charge is 0.231 e. The highest BCUT2D eigenvalue weighted by Gasteiger charge is 2.19. The summed E-state index contributed by atoms with van der Waals surface area (Å²) < 4.78 is 10.3. The molecule has 2 nitrogen and oxygen atoms in total. The molecule has 1 aromatic carbocycles. The van der Waals surface area contributed by atoms with E-state index in [1.54, 1.807) is 6.07 Å². The molecule has 0 aliphatic carbocycles. The van der Waals surface area contributed by atoms with Gasteiger partial charge < -0.3 is 9.47 Å². The van der Waals surface area contributed by atoms with E-state index in [0.717, 1.165) is 5.56 Å². The molecule has 0 radical (unpaired) electrons. The second-order valence-corrected chi connectivity index (χ2v) is 3.32. The zero-order valence-electron chi connectivity index (χ0n) is 6.36. The van der Waals surface area contributed by atoms with E-state index >= 15 is 0 Å². The van der Waals surface area contributed by atoms with Crippen LogP contribution in [0.4, 0.5) is 0 Å². The summed E-state index contributed by atoms with van der Waals surface area (Å²) in [5, 5.41) is 1.03. The van der Waals surface area contributed by atoms with Gasteiger partial charge in [-0.2, -0.15) is 0 Å². The van der Waals surface area contributed by atoms with E-state index in [0.29, 0.717) is 21.5 Å². The predicted octanol–water partition coefficient (Wildman–Crippen LogP) is 3.03. The van der Waals surface area contributed by atoms with Crippen LogP contribution in [0.2, 0.25) is 10.0 Å². The molecule has 0 saturated heterocycles. The van der Waals surface area contributed by atoms with Crippen LogP contribution in [0.25, 0.3) is 0 Å². The minimum absolute atomic E-state index is 0.243. The molecule has 1 aromatic rings. The zero-order valence-corrected chi connectivity index (χ0v) is 7.87. The first kappa shape index (κ1) is 8.02. The van der Waals surface area contributed by atoms with E-state index in [1.807, 2.05) is 6.92 Å². The molecule has 0 fully saturated rings. The fourth-order valence-electron chi connectivity index (χ4n) is 1.15. The average molecular weight is 205 g/mol. The molecule has 0 atom stereocenters. The molecule has 64 valence electrons. The number of hydrogen-bond donors (Lipinski definition) is 0. The van der Waals surface area contributed by atoms with Gasteiger partial charge in [-0.15, -0.1) is 0 Å². The Balaban J connectivity index is 2.67. The molecule has 1 aliphatic rings. The van der Waals surface area contributed by atoms with Crippen molar-refractivity contribution in [3.8, 4) is 11.5 Å². The Morgan fingerprint density at radius 2 is 2.08 bits per heavy atom. The Morgan fingerprint density at radius 1 is 1.33 bits per heavy atom. The molecule has 0 unspecified atom stereocenters. The van der Waals surface area contributed by atoms with Gasteiger partial charge in [0.15, 0.2) is 11.5 Å². The summed E-state index contributed by atoms with van der Waals surface area (Å²) in [6, 6.07) is 1.67. The number of rotatable bonds is 0. The third-order valence-electron chi connectivity index (χ3n) is 1.78. The quantitative estimate of drug-likeness (QED) is 0.647. The van der Waals surface area contributed by atoms with Crippen LogP contribution in [0.15, 0.2) is 6.07 Å². The molecule has 0 N–H and O–H groups in total. The highest BCUT2D eigenvalue weighted by Crippen LogP contribution is 2.42. The molecule has 1 heterocycles. The van der Waals surface area contributed by atoms with Crippen LogP contribution in [0.5, 0.6) is 11.5 Å². The second-order valence-electron chi connectivity index (χ2n) is 2.53. The third-order valence-corrected chi connectivity index (χ3v) is 2.66. The van der Waals surface area contributed by atoms with Crippen molar-refractivity contribution in [3.05, 3.63) is 21.7 Å². The van der Waals surface area contributed by atoms with E-state index in [-0.39, 0.29) is 6.79 Å². The number of fused-ring (bicyclic) bond motifs is 1. The lowest BCUT2D eigenvalue weighted by atomic mass is 10.2. The number of halogens is 2. The monoisotopic (exact) mass is 204 g/mol. The zero-order chi connectivity index (χ0) is 8.72. The fourth-order valence-corrected chi connectivity index (χ4v) is 1.53. The standard InChI is InChI=1S/C8H6Cl2O2/c1-4-7(10)5(9)2-6-8(4)12-3-11-6/h2H,3H2,1H3. The van der Waals surface area contributed by atoms with Crippen molar-refractivity contribution in [2.45, 2.75) is 6.92 Å². The summed E-state index contributed by atoms with van der Waals surface area (Å²) in [5.41, 5.74) is 0.830. The van der Waals surface area contributed by atoms with Crippen LogP contribution in [-0.4, -0.2) is 6.79 Å². The van der Waals surface area contributed by atoms with E-state index in [9.17, 15) is 0 Å². The van der Waals surface area contributed by atoms with E-state index in [2.05, 4.69) is 0 Å². The highest BCUT2D eigenvalue weighted by atomic mass is 35.5. The summed E-state index contributed by atoms with van der Waals surface area (Å²) >= 11 is 11.7. The minimum Gasteiger partial charge on any atom is -0.454 e. The van der Waals surface area contributed by atoms with Gasteiger partial charge >= 0.3 is 0 Å². The summed E-state index contributed by atoms with van der Waals surface area (Å²) in [4.78, 5) is 0. The molecule has 2 rings (SSSR count). The van der Waals surface area contributed by atoms with Gasteiger partial charge in [-0.05, 0) is 6.92 Å². The molecule has 0 aromatic heterocycles. The van der Waals surface area contributed by atoms with Crippen LogP contribution in [0, 0.1) is 6.92 Å². The largest absolute Gasteiger partial charge is 0.454 e. The molecule has 0 amide bonds. The van der Waals surface area contributed by atoms with Crippen molar-refractivity contribution >= 4 is 23.2 Å². The first-order chi connectivity index (χ1) is 5.70. The maximum atomic E-state index is 5.89. The maximum absolute atomic E-state index is 5.89. The van der Waals surface area contributed by atoms with Crippen molar-refractivity contribution in [2.24, 2.45) is 0 Å². The molecular formula is C8H6Cl2O2. The van der Waals surface area contributed by atoms with Crippen LogP contribution in [0.3, 0.4) is 0 Å². The SMILES string of the molecule is Cc1c(Cl)c(Cl)cc2c1OCO2. The summed E-state index contributed by atoms with van der Waals surface area (Å²) in [6.07, 6.45) is 0. The van der Waals surface area contributed by atoms with Gasteiger partial charge in [-0.25, -0.2) is 0 Å². The first-order valence-corrected chi connectivity index (χ1v) is 4.20. The fraction of sp³-hybridized carbons (Fsp3) is 0.250. The molecular weight excluding hydrogens is 199 g/mol. The normalized spacial score (nSPS) is 13.6. The van der Waals surface area contributed by atoms with Gasteiger partial charge in [0.05, 0.1) is 10.0 Å². The van der Waals surface area contributed by atoms with Crippen LogP contribution in [-0.2, 0) is 0 Å². The van der Waals surface area contributed by atoms with Crippen molar-refractivity contribution < 1.29 is 9.47 Å². The Kier molecular flexibility index (Phi) is 1.81. The van der Waals surface area contributed by atoms with Gasteiger partial charge in [0.2, 0.25) is 6.79 Å². The van der Waals surface area contributed by atoms with Gasteiger partial charge in [0.25, 0.3) is 0 Å². The highest BCUT2D eigenvalue weighted by molar-refractivity contribution is 6.42. The summed E-state index contributed by atoms with van der Waals surface area (Å²) in [7, 11) is 0. The Labute approximate surface area is 80.0 Å². The lowest BCUT2D eigenvalue weighted by Gasteiger charge is -2.04. The lowest BCUT2D eigenvalue weighted by Crippen LogP contribution is -1.93. The summed E-state index contributed by atoms with van der Waals surface area (Å²) in [6.45, 7) is 2.09. The molecule has 4 heteroatoms. The molecule has 0 spiro atoms. The summed E-state index contributed by atoms with van der Waals surface area (Å²) in [5.74, 6) is 1.37. The lowest BCUT2D eigenvalue weighted by molar-refractivity contribution is 0.173. The van der Waals surface area contributed by atoms with Gasteiger partial charge in [0.1, 0.15) is 0 Å². The van der Waals surface area contributed by atoms with Crippen LogP contribution >= 0.6 is 23.2 Å². The minimum atomic E-state index is 0.243. The average Bonchev–Trinajstić information content (AvgIpc) is 2.48. The van der Waals surface area contributed by atoms with Crippen molar-refractivity contribution in [1.82, 2.24) is 0 Å². The number of ether oxygens (including phenoxy) is 2. The molecule has 0 saturated carbocycles. The molecule has 1 aliphatic heterocycles. The Bertz CT molecular complexity index is 336. The van der Waals surface area contributed by atoms with E-state index < -0.39 is 0 Å². The van der Waals surface area contributed by atoms with Gasteiger partial charge in [-0.1, -0.05) is 23.2 Å². The topological polar surface area (TPSA) is 18.5 Å². The van der Waals surface area contributed by atoms with Gasteiger partial charge in [0, 0.05) is 11.6 Å². The Hall–Kier alpha value is -0.600. The van der Waals surface area contributed by atoms with Crippen LogP contribution in [0.1, 0.15) is 5.56 Å². The van der Waals surface area contributed by atoms with Crippen molar-refractivity contribution in [2.75, 3.05) is 6.79 Å².